The van der Waals surface area contributed by atoms with Gasteiger partial charge in [-0.3, -0.25) is 0 Å². The Bertz CT molecular complexity index is 1270. The van der Waals surface area contributed by atoms with Crippen molar-refractivity contribution in [2.75, 3.05) is 0 Å². The SMILES string of the molecule is CCn1c2ccccc2c2cc(C=Nc3sc4c(c3C#N)CCCC4)ccc21. The molecule has 1 aliphatic rings. The molecule has 138 valence electrons. The first kappa shape index (κ1) is 17.2. The number of nitriles is 1. The highest BCUT2D eigenvalue weighted by Crippen LogP contribution is 2.39. The molecular weight excluding hydrogens is 362 g/mol. The Morgan fingerprint density at radius 1 is 1.11 bits per heavy atom. The van der Waals surface area contributed by atoms with Crippen molar-refractivity contribution < 1.29 is 0 Å². The van der Waals surface area contributed by atoms with Gasteiger partial charge in [0.1, 0.15) is 11.1 Å². The Hall–Kier alpha value is -2.90. The number of benzene rings is 2. The average molecular weight is 384 g/mol. The summed E-state index contributed by atoms with van der Waals surface area (Å²) in [7, 11) is 0. The lowest BCUT2D eigenvalue weighted by atomic mass is 9.96. The van der Waals surface area contributed by atoms with E-state index < -0.39 is 0 Å². The summed E-state index contributed by atoms with van der Waals surface area (Å²) in [6.07, 6.45) is 6.43. The number of para-hydroxylation sites is 1. The van der Waals surface area contributed by atoms with Gasteiger partial charge in [0, 0.05) is 39.4 Å². The lowest BCUT2D eigenvalue weighted by Gasteiger charge is -2.09. The zero-order valence-electron chi connectivity index (χ0n) is 15.9. The number of hydrogen-bond donors (Lipinski definition) is 0. The van der Waals surface area contributed by atoms with Gasteiger partial charge in [-0.25, -0.2) is 4.99 Å². The Morgan fingerprint density at radius 3 is 2.79 bits per heavy atom. The molecule has 3 nitrogen and oxygen atoms in total. The van der Waals surface area contributed by atoms with Crippen molar-refractivity contribution in [2.45, 2.75) is 39.2 Å². The first-order valence-corrected chi connectivity index (χ1v) is 10.7. The van der Waals surface area contributed by atoms with Crippen molar-refractivity contribution in [1.29, 1.82) is 5.26 Å². The van der Waals surface area contributed by atoms with E-state index in [1.807, 2.05) is 6.21 Å². The van der Waals surface area contributed by atoms with Gasteiger partial charge in [-0.05, 0) is 61.9 Å². The Balaban J connectivity index is 1.59. The highest BCUT2D eigenvalue weighted by molar-refractivity contribution is 7.16. The summed E-state index contributed by atoms with van der Waals surface area (Å²) in [4.78, 5) is 6.09. The topological polar surface area (TPSA) is 41.1 Å². The van der Waals surface area contributed by atoms with Gasteiger partial charge in [-0.2, -0.15) is 5.26 Å². The molecule has 2 heterocycles. The second kappa shape index (κ2) is 6.92. The number of aromatic nitrogens is 1. The number of aryl methyl sites for hydroxylation is 2. The van der Waals surface area contributed by atoms with Crippen LogP contribution in [0.5, 0.6) is 0 Å². The standard InChI is InChI=1S/C24H21N3S/c1-2-27-21-9-5-3-7-17(21)19-13-16(11-12-22(19)27)15-26-24-20(14-25)18-8-4-6-10-23(18)28-24/h3,5,7,9,11-13,15H,2,4,6,8,10H2,1H3. The Kier molecular flexibility index (Phi) is 4.26. The smallest absolute Gasteiger partial charge is 0.134 e. The van der Waals surface area contributed by atoms with Crippen LogP contribution in [0.15, 0.2) is 47.5 Å². The maximum absolute atomic E-state index is 9.63. The molecule has 5 rings (SSSR count). The molecule has 0 fully saturated rings. The van der Waals surface area contributed by atoms with Crippen LogP contribution in [0.25, 0.3) is 21.8 Å². The number of rotatable bonds is 3. The molecule has 0 radical (unpaired) electrons. The van der Waals surface area contributed by atoms with Crippen LogP contribution in [0, 0.1) is 11.3 Å². The molecule has 0 amide bonds. The molecule has 2 aromatic carbocycles. The maximum atomic E-state index is 9.63. The fourth-order valence-electron chi connectivity index (χ4n) is 4.38. The van der Waals surface area contributed by atoms with Crippen LogP contribution in [0.3, 0.4) is 0 Å². The molecule has 0 saturated carbocycles. The highest BCUT2D eigenvalue weighted by atomic mass is 32.1. The first-order chi connectivity index (χ1) is 13.8. The molecule has 2 aromatic heterocycles. The zero-order valence-corrected chi connectivity index (χ0v) is 16.7. The van der Waals surface area contributed by atoms with Crippen LogP contribution < -0.4 is 0 Å². The molecule has 0 spiro atoms. The maximum Gasteiger partial charge on any atom is 0.134 e. The second-order valence-corrected chi connectivity index (χ2v) is 8.38. The number of hydrogen-bond acceptors (Lipinski definition) is 3. The van der Waals surface area contributed by atoms with Gasteiger partial charge in [-0.1, -0.05) is 24.3 Å². The van der Waals surface area contributed by atoms with E-state index in [1.54, 1.807) is 11.3 Å². The number of fused-ring (bicyclic) bond motifs is 4. The zero-order chi connectivity index (χ0) is 19.1. The van der Waals surface area contributed by atoms with Crippen LogP contribution in [0.1, 0.15) is 41.3 Å². The van der Waals surface area contributed by atoms with Gasteiger partial charge in [0.2, 0.25) is 0 Å². The third kappa shape index (κ3) is 2.66. The minimum Gasteiger partial charge on any atom is -0.341 e. The Labute approximate surface area is 168 Å². The van der Waals surface area contributed by atoms with Crippen LogP contribution in [0.4, 0.5) is 5.00 Å². The van der Waals surface area contributed by atoms with Gasteiger partial charge >= 0.3 is 0 Å². The average Bonchev–Trinajstić information content (AvgIpc) is 3.26. The quantitative estimate of drug-likeness (QED) is 0.379. The molecule has 28 heavy (non-hydrogen) atoms. The van der Waals surface area contributed by atoms with Crippen molar-refractivity contribution >= 4 is 44.4 Å². The monoisotopic (exact) mass is 383 g/mol. The summed E-state index contributed by atoms with van der Waals surface area (Å²) in [5.41, 5.74) is 5.63. The van der Waals surface area contributed by atoms with E-state index >= 15 is 0 Å². The predicted octanol–water partition coefficient (Wildman–Crippen LogP) is 6.38. The lowest BCUT2D eigenvalue weighted by Crippen LogP contribution is -1.99. The molecule has 0 N–H and O–H groups in total. The van der Waals surface area contributed by atoms with E-state index in [0.717, 1.165) is 35.5 Å². The van der Waals surface area contributed by atoms with E-state index in [0.29, 0.717) is 0 Å². The largest absolute Gasteiger partial charge is 0.341 e. The Morgan fingerprint density at radius 2 is 1.93 bits per heavy atom. The van der Waals surface area contributed by atoms with E-state index in [9.17, 15) is 5.26 Å². The number of thiophene rings is 1. The van der Waals surface area contributed by atoms with E-state index in [1.165, 1.54) is 45.1 Å². The normalized spacial score (nSPS) is 14.0. The van der Waals surface area contributed by atoms with Crippen LogP contribution in [-0.4, -0.2) is 10.8 Å². The fraction of sp³-hybridized carbons (Fsp3) is 0.250. The molecule has 0 saturated heterocycles. The number of aliphatic imine (C=N–C) groups is 1. The summed E-state index contributed by atoms with van der Waals surface area (Å²) in [5.74, 6) is 0. The van der Waals surface area contributed by atoms with Crippen LogP contribution in [0.2, 0.25) is 0 Å². The molecule has 0 unspecified atom stereocenters. The van der Waals surface area contributed by atoms with E-state index in [2.05, 4.69) is 60.0 Å². The lowest BCUT2D eigenvalue weighted by molar-refractivity contribution is 0.696. The van der Waals surface area contributed by atoms with Crippen molar-refractivity contribution in [3.8, 4) is 6.07 Å². The van der Waals surface area contributed by atoms with Crippen molar-refractivity contribution in [2.24, 2.45) is 4.99 Å². The van der Waals surface area contributed by atoms with Crippen LogP contribution >= 0.6 is 11.3 Å². The van der Waals surface area contributed by atoms with Crippen LogP contribution in [-0.2, 0) is 19.4 Å². The predicted molar refractivity (Wildman–Crippen MR) is 118 cm³/mol. The summed E-state index contributed by atoms with van der Waals surface area (Å²) < 4.78 is 2.35. The summed E-state index contributed by atoms with van der Waals surface area (Å²) in [6.45, 7) is 3.13. The highest BCUT2D eigenvalue weighted by Gasteiger charge is 2.20. The third-order valence-electron chi connectivity index (χ3n) is 5.71. The first-order valence-electron chi connectivity index (χ1n) is 9.90. The van der Waals surface area contributed by atoms with E-state index in [-0.39, 0.29) is 0 Å². The van der Waals surface area contributed by atoms with Gasteiger partial charge in [-0.15, -0.1) is 11.3 Å². The molecular formula is C24H21N3S. The minimum absolute atomic E-state index is 0.791. The summed E-state index contributed by atoms with van der Waals surface area (Å²) in [6, 6.07) is 17.5. The molecule has 0 aliphatic heterocycles. The van der Waals surface area contributed by atoms with Crippen molar-refractivity contribution in [3.63, 3.8) is 0 Å². The second-order valence-electron chi connectivity index (χ2n) is 7.30. The molecule has 0 atom stereocenters. The fourth-order valence-corrected chi connectivity index (χ4v) is 5.57. The van der Waals surface area contributed by atoms with Crippen molar-refractivity contribution in [1.82, 2.24) is 4.57 Å². The molecule has 4 heteroatoms. The number of nitrogens with zero attached hydrogens (tertiary/aromatic N) is 3. The third-order valence-corrected chi connectivity index (χ3v) is 6.91. The molecule has 1 aliphatic carbocycles. The van der Waals surface area contributed by atoms with E-state index in [4.69, 9.17) is 4.99 Å². The van der Waals surface area contributed by atoms with Crippen molar-refractivity contribution in [3.05, 3.63) is 64.0 Å². The van der Waals surface area contributed by atoms with Gasteiger partial charge < -0.3 is 4.57 Å². The van der Waals surface area contributed by atoms with Gasteiger partial charge in [0.25, 0.3) is 0 Å². The molecule has 0 bridgehead atoms. The van der Waals surface area contributed by atoms with Gasteiger partial charge in [0.15, 0.2) is 0 Å². The van der Waals surface area contributed by atoms with Gasteiger partial charge in [0.05, 0.1) is 5.56 Å². The molecule has 4 aromatic rings. The summed E-state index contributed by atoms with van der Waals surface area (Å²) >= 11 is 1.70. The minimum atomic E-state index is 0.791. The summed E-state index contributed by atoms with van der Waals surface area (Å²) in [5, 5.41) is 13.0.